The average Bonchev–Trinajstić information content (AvgIpc) is 2.81. The highest BCUT2D eigenvalue weighted by Crippen LogP contribution is 2.29. The Hall–Kier alpha value is -2.83. The van der Waals surface area contributed by atoms with Crippen molar-refractivity contribution in [2.45, 2.75) is 39.0 Å². The summed E-state index contributed by atoms with van der Waals surface area (Å²) in [6, 6.07) is 4.22. The smallest absolute Gasteiger partial charge is 0.235 e. The fourth-order valence-corrected chi connectivity index (χ4v) is 4.46. The van der Waals surface area contributed by atoms with Crippen LogP contribution in [0.15, 0.2) is 30.6 Å². The lowest BCUT2D eigenvalue weighted by Crippen LogP contribution is -2.49. The minimum Gasteiger partial charge on any atom is -0.368 e. The standard InChI is InChI=1S/C23H33F2N7O2S/c1-15(2)30-7-9-31(10-8-30)18-11-17(12-28-13-18)20(26)14-32(27)23-19(24)5-6-21(22(23)25)29-35(33,34)16(3)4/h5-6,11-13,15-16,26,29H,7-10,14,27H2,1-4H3. The number of nitrogens with zero attached hydrogens (tertiary/aromatic N) is 4. The first-order chi connectivity index (χ1) is 16.4. The van der Waals surface area contributed by atoms with E-state index in [2.05, 4.69) is 33.4 Å². The number of nitrogens with one attached hydrogen (secondary N) is 2. The first-order valence-corrected chi connectivity index (χ1v) is 13.0. The maximum absolute atomic E-state index is 15.0. The molecule has 1 saturated heterocycles. The number of aromatic nitrogens is 1. The fraction of sp³-hybridized carbons (Fsp3) is 0.478. The van der Waals surface area contributed by atoms with E-state index in [1.54, 1.807) is 6.20 Å². The maximum atomic E-state index is 15.0. The predicted molar refractivity (Wildman–Crippen MR) is 136 cm³/mol. The molecule has 0 radical (unpaired) electrons. The number of halogens is 2. The van der Waals surface area contributed by atoms with Gasteiger partial charge in [-0.25, -0.2) is 23.0 Å². The summed E-state index contributed by atoms with van der Waals surface area (Å²) < 4.78 is 55.9. The molecule has 4 N–H and O–H groups in total. The Labute approximate surface area is 205 Å². The Kier molecular flexibility index (Phi) is 8.29. The predicted octanol–water partition coefficient (Wildman–Crippen LogP) is 2.79. The van der Waals surface area contributed by atoms with Gasteiger partial charge in [0.25, 0.3) is 0 Å². The number of piperazine rings is 1. The molecule has 1 aromatic carbocycles. The van der Waals surface area contributed by atoms with E-state index in [-0.39, 0.29) is 12.3 Å². The molecule has 2 heterocycles. The highest BCUT2D eigenvalue weighted by molar-refractivity contribution is 7.93. The molecule has 1 aliphatic heterocycles. The first kappa shape index (κ1) is 26.8. The van der Waals surface area contributed by atoms with E-state index in [0.717, 1.165) is 49.0 Å². The Balaban J connectivity index is 1.75. The number of hydrazine groups is 1. The molecule has 9 nitrogen and oxygen atoms in total. The third-order valence-electron chi connectivity index (χ3n) is 6.04. The van der Waals surface area contributed by atoms with Gasteiger partial charge in [-0.3, -0.25) is 19.6 Å². The van der Waals surface area contributed by atoms with Crippen LogP contribution < -0.4 is 20.5 Å². The van der Waals surface area contributed by atoms with Gasteiger partial charge in [0.1, 0.15) is 5.69 Å². The topological polar surface area (TPSA) is 119 Å². The van der Waals surface area contributed by atoms with Gasteiger partial charge < -0.3 is 10.3 Å². The molecule has 0 bridgehead atoms. The van der Waals surface area contributed by atoms with E-state index in [4.69, 9.17) is 11.3 Å². The van der Waals surface area contributed by atoms with E-state index in [1.807, 2.05) is 6.07 Å². The number of pyridine rings is 1. The Morgan fingerprint density at radius 3 is 2.43 bits per heavy atom. The van der Waals surface area contributed by atoms with Crippen LogP contribution in [-0.2, 0) is 10.0 Å². The second-order valence-electron chi connectivity index (χ2n) is 9.11. The van der Waals surface area contributed by atoms with Crippen LogP contribution in [0.25, 0.3) is 0 Å². The summed E-state index contributed by atoms with van der Waals surface area (Å²) in [5.74, 6) is 3.83. The third kappa shape index (κ3) is 6.24. The summed E-state index contributed by atoms with van der Waals surface area (Å²) in [5, 5.41) is 8.40. The number of nitrogens with two attached hydrogens (primary N) is 1. The molecule has 0 unspecified atom stereocenters. The van der Waals surface area contributed by atoms with Crippen LogP contribution >= 0.6 is 0 Å². The van der Waals surface area contributed by atoms with Crippen molar-refractivity contribution in [1.82, 2.24) is 9.88 Å². The van der Waals surface area contributed by atoms with E-state index in [9.17, 15) is 12.8 Å². The maximum Gasteiger partial charge on any atom is 0.235 e. The number of benzene rings is 1. The summed E-state index contributed by atoms with van der Waals surface area (Å²) >= 11 is 0. The lowest BCUT2D eigenvalue weighted by Gasteiger charge is -2.38. The molecule has 1 fully saturated rings. The Morgan fingerprint density at radius 2 is 1.83 bits per heavy atom. The summed E-state index contributed by atoms with van der Waals surface area (Å²) in [7, 11) is -3.85. The molecule has 12 heteroatoms. The van der Waals surface area contributed by atoms with Crippen LogP contribution in [0.5, 0.6) is 0 Å². The zero-order valence-corrected chi connectivity index (χ0v) is 21.2. The van der Waals surface area contributed by atoms with Gasteiger partial charge >= 0.3 is 0 Å². The van der Waals surface area contributed by atoms with Gasteiger partial charge in [0.15, 0.2) is 11.6 Å². The number of hydrogen-bond acceptors (Lipinski definition) is 8. The van der Waals surface area contributed by atoms with Crippen molar-refractivity contribution in [1.29, 1.82) is 5.41 Å². The van der Waals surface area contributed by atoms with Gasteiger partial charge in [0, 0.05) is 44.0 Å². The Bertz CT molecular complexity index is 1170. The SMILES string of the molecule is CC(C)N1CCN(c2cncc(C(=N)CN(N)c3c(F)ccc(NS(=O)(=O)C(C)C)c3F)c2)CC1. The molecule has 0 atom stereocenters. The molecule has 2 aromatic rings. The largest absolute Gasteiger partial charge is 0.368 e. The Morgan fingerprint density at radius 1 is 1.17 bits per heavy atom. The monoisotopic (exact) mass is 509 g/mol. The van der Waals surface area contributed by atoms with Gasteiger partial charge in [-0.15, -0.1) is 0 Å². The van der Waals surface area contributed by atoms with Gasteiger partial charge in [-0.1, -0.05) is 0 Å². The second-order valence-corrected chi connectivity index (χ2v) is 11.3. The highest BCUT2D eigenvalue weighted by atomic mass is 32.2. The van der Waals surface area contributed by atoms with Gasteiger partial charge in [0.2, 0.25) is 10.0 Å². The van der Waals surface area contributed by atoms with Gasteiger partial charge in [-0.05, 0) is 45.9 Å². The van der Waals surface area contributed by atoms with Crippen molar-refractivity contribution >= 4 is 32.8 Å². The van der Waals surface area contributed by atoms with Crippen LogP contribution in [0.2, 0.25) is 0 Å². The van der Waals surface area contributed by atoms with Crippen LogP contribution in [0, 0.1) is 17.0 Å². The van der Waals surface area contributed by atoms with E-state index >= 15 is 4.39 Å². The minimum absolute atomic E-state index is 0.00892. The van der Waals surface area contributed by atoms with Crippen molar-refractivity contribution in [2.75, 3.05) is 47.4 Å². The van der Waals surface area contributed by atoms with Crippen LogP contribution in [-0.4, -0.2) is 68.0 Å². The third-order valence-corrected chi connectivity index (χ3v) is 7.78. The molecule has 35 heavy (non-hydrogen) atoms. The molecular formula is C23H33F2N7O2S. The van der Waals surface area contributed by atoms with E-state index in [1.165, 1.54) is 20.0 Å². The average molecular weight is 510 g/mol. The molecule has 0 spiro atoms. The molecule has 0 amide bonds. The van der Waals surface area contributed by atoms with Crippen molar-refractivity contribution < 1.29 is 17.2 Å². The lowest BCUT2D eigenvalue weighted by atomic mass is 10.1. The molecule has 192 valence electrons. The highest BCUT2D eigenvalue weighted by Gasteiger charge is 2.24. The summed E-state index contributed by atoms with van der Waals surface area (Å²) in [4.78, 5) is 8.82. The van der Waals surface area contributed by atoms with Gasteiger partial charge in [-0.2, -0.15) is 0 Å². The molecule has 1 aliphatic rings. The second kappa shape index (κ2) is 10.8. The van der Waals surface area contributed by atoms with Crippen LogP contribution in [0.3, 0.4) is 0 Å². The number of sulfonamides is 1. The summed E-state index contributed by atoms with van der Waals surface area (Å²) in [6.07, 6.45) is 3.23. The van der Waals surface area contributed by atoms with Crippen molar-refractivity contribution in [2.24, 2.45) is 5.84 Å². The number of anilines is 3. The van der Waals surface area contributed by atoms with Crippen molar-refractivity contribution in [3.8, 4) is 0 Å². The van der Waals surface area contributed by atoms with Gasteiger partial charge in [0.05, 0.1) is 35.1 Å². The molecular weight excluding hydrogens is 476 g/mol. The van der Waals surface area contributed by atoms with Crippen LogP contribution in [0.1, 0.15) is 33.3 Å². The summed E-state index contributed by atoms with van der Waals surface area (Å²) in [5.41, 5.74) is 0.298. The number of hydrogen-bond donors (Lipinski definition) is 3. The van der Waals surface area contributed by atoms with Crippen molar-refractivity contribution in [3.05, 3.63) is 47.8 Å². The molecule has 3 rings (SSSR count). The van der Waals surface area contributed by atoms with Crippen molar-refractivity contribution in [3.63, 3.8) is 0 Å². The van der Waals surface area contributed by atoms with E-state index < -0.39 is 38.3 Å². The molecule has 0 saturated carbocycles. The summed E-state index contributed by atoms with van der Waals surface area (Å²) in [6.45, 7) is 10.4. The minimum atomic E-state index is -3.85. The molecule has 1 aromatic heterocycles. The zero-order valence-electron chi connectivity index (χ0n) is 20.4. The first-order valence-electron chi connectivity index (χ1n) is 11.4. The quantitative estimate of drug-likeness (QED) is 0.270. The fourth-order valence-electron chi connectivity index (χ4n) is 3.76. The lowest BCUT2D eigenvalue weighted by molar-refractivity contribution is 0.209. The normalized spacial score (nSPS) is 15.1. The number of rotatable bonds is 9. The van der Waals surface area contributed by atoms with E-state index in [0.29, 0.717) is 11.6 Å². The van der Waals surface area contributed by atoms with Crippen LogP contribution in [0.4, 0.5) is 25.8 Å². The molecule has 0 aliphatic carbocycles. The zero-order chi connectivity index (χ0) is 25.9.